The molecule has 70 valence electrons. The molecule has 0 spiro atoms. The number of nitrogens with one attached hydrogen (secondary N) is 1. The van der Waals surface area contributed by atoms with Crippen molar-refractivity contribution in [2.45, 2.75) is 18.4 Å². The molecule has 0 saturated carbocycles. The van der Waals surface area contributed by atoms with Gasteiger partial charge in [0.2, 0.25) is 0 Å². The fourth-order valence-corrected chi connectivity index (χ4v) is 1.21. The fourth-order valence-electron chi connectivity index (χ4n) is 1.21. The molecule has 5 heteroatoms. The minimum atomic E-state index is -1.22. The molecule has 12 heavy (non-hydrogen) atoms. The van der Waals surface area contributed by atoms with Crippen molar-refractivity contribution in [1.29, 1.82) is 0 Å². The van der Waals surface area contributed by atoms with Crippen molar-refractivity contribution in [2.75, 3.05) is 20.1 Å². The van der Waals surface area contributed by atoms with Crippen LogP contribution in [0.2, 0.25) is 0 Å². The Hall–Kier alpha value is 0.0783. The number of nitrogens with zero attached hydrogens (tertiary/aromatic N) is 1. The first-order chi connectivity index (χ1) is 5.04. The van der Waals surface area contributed by atoms with E-state index in [4.69, 9.17) is 10.8 Å². The number of carboxylic acid groups (broad SMARTS) is 1. The molecule has 1 heterocycles. The van der Waals surface area contributed by atoms with E-state index in [1.807, 2.05) is 7.05 Å². The van der Waals surface area contributed by atoms with Crippen molar-refractivity contribution in [2.24, 2.45) is 0 Å². The molecule has 0 bridgehead atoms. The summed E-state index contributed by atoms with van der Waals surface area (Å²) in [5, 5.41) is 8.68. The molecule has 1 aliphatic heterocycles. The number of aliphatic carboxylic acids is 1. The number of carboxylic acids is 1. The predicted octanol–water partition coefficient (Wildman–Crippen LogP) is 0.585. The Kier molecular flexibility index (Phi) is 4.38. The van der Waals surface area contributed by atoms with Crippen molar-refractivity contribution in [3.05, 3.63) is 5.73 Å². The van der Waals surface area contributed by atoms with Crippen LogP contribution in [0.25, 0.3) is 5.73 Å². The number of rotatable bonds is 1. The van der Waals surface area contributed by atoms with Gasteiger partial charge >= 0.3 is 0 Å². The maximum atomic E-state index is 10.6. The van der Waals surface area contributed by atoms with Gasteiger partial charge in [-0.1, -0.05) is 0 Å². The minimum Gasteiger partial charge on any atom is -0.662 e. The van der Waals surface area contributed by atoms with E-state index in [2.05, 4.69) is 4.90 Å². The standard InChI is InChI=1S/C7H13N2O2.W/c1-9-4-2-7(8,3-5-9)6(10)11;/h8H,2-5H2,1H3,(H,10,11);/q-1;. The van der Waals surface area contributed by atoms with E-state index >= 15 is 0 Å². The molecule has 0 unspecified atom stereocenters. The molecule has 1 aliphatic rings. The summed E-state index contributed by atoms with van der Waals surface area (Å²) in [7, 11) is 1.95. The topological polar surface area (TPSA) is 64.3 Å². The summed E-state index contributed by atoms with van der Waals surface area (Å²) in [4.78, 5) is 12.6. The van der Waals surface area contributed by atoms with E-state index in [1.54, 1.807) is 0 Å². The van der Waals surface area contributed by atoms with Crippen LogP contribution < -0.4 is 0 Å². The van der Waals surface area contributed by atoms with Gasteiger partial charge in [0, 0.05) is 21.1 Å². The number of hydrogen-bond acceptors (Lipinski definition) is 2. The van der Waals surface area contributed by atoms with Crippen LogP contribution >= 0.6 is 0 Å². The zero-order chi connectivity index (χ0) is 8.48. The molecule has 0 radical (unpaired) electrons. The molecule has 0 atom stereocenters. The van der Waals surface area contributed by atoms with E-state index in [0.717, 1.165) is 13.1 Å². The van der Waals surface area contributed by atoms with Crippen LogP contribution in [0.1, 0.15) is 12.8 Å². The van der Waals surface area contributed by atoms with Crippen molar-refractivity contribution in [3.63, 3.8) is 0 Å². The molecular weight excluding hydrogens is 328 g/mol. The van der Waals surface area contributed by atoms with Gasteiger partial charge in [0.05, 0.1) is 0 Å². The van der Waals surface area contributed by atoms with Gasteiger partial charge in [-0.15, -0.1) is 0 Å². The molecule has 4 nitrogen and oxygen atoms in total. The number of carbonyl (C=O) groups is 1. The first kappa shape index (κ1) is 12.1. The van der Waals surface area contributed by atoms with Crippen LogP contribution in [0.5, 0.6) is 0 Å². The third-order valence-electron chi connectivity index (χ3n) is 2.25. The van der Waals surface area contributed by atoms with E-state index < -0.39 is 11.5 Å². The Labute approximate surface area is 86.4 Å². The van der Waals surface area contributed by atoms with Gasteiger partial charge in [0.25, 0.3) is 5.97 Å². The maximum absolute atomic E-state index is 10.6. The Balaban J connectivity index is 0.00000121. The van der Waals surface area contributed by atoms with Crippen LogP contribution in [-0.4, -0.2) is 41.7 Å². The average molecular weight is 341 g/mol. The molecule has 0 amide bonds. The average Bonchev–Trinajstić information content (AvgIpc) is 1.95. The van der Waals surface area contributed by atoms with Crippen LogP contribution in [0.15, 0.2) is 0 Å². The Morgan fingerprint density at radius 1 is 1.50 bits per heavy atom. The van der Waals surface area contributed by atoms with Gasteiger partial charge in [0.15, 0.2) is 0 Å². The number of piperidine rings is 1. The molecule has 0 aromatic rings. The van der Waals surface area contributed by atoms with Gasteiger partial charge in [0.1, 0.15) is 0 Å². The van der Waals surface area contributed by atoms with Crippen LogP contribution in [0, 0.1) is 0 Å². The molecular formula is C7H13N2O2W-. The summed E-state index contributed by atoms with van der Waals surface area (Å²) in [6, 6.07) is 0. The predicted molar refractivity (Wildman–Crippen MR) is 41.4 cm³/mol. The second-order valence-electron chi connectivity index (χ2n) is 3.19. The SMILES string of the molecule is CN1CCC([NH-])(C(=O)O)CC1.[W]. The zero-order valence-corrected chi connectivity index (χ0v) is 9.97. The van der Waals surface area contributed by atoms with Crippen LogP contribution in [0.4, 0.5) is 0 Å². The van der Waals surface area contributed by atoms with Gasteiger partial charge in [-0.3, -0.25) is 4.79 Å². The van der Waals surface area contributed by atoms with Gasteiger partial charge in [-0.05, 0) is 38.5 Å². The quantitative estimate of drug-likeness (QED) is 0.759. The van der Waals surface area contributed by atoms with Crippen molar-refractivity contribution in [1.82, 2.24) is 4.90 Å². The summed E-state index contributed by atoms with van der Waals surface area (Å²) >= 11 is 0. The second kappa shape index (κ2) is 4.35. The second-order valence-corrected chi connectivity index (χ2v) is 3.19. The summed E-state index contributed by atoms with van der Waals surface area (Å²) in [6.45, 7) is 1.44. The van der Waals surface area contributed by atoms with E-state index in [9.17, 15) is 4.79 Å². The maximum Gasteiger partial charge on any atom is 0.288 e. The zero-order valence-electron chi connectivity index (χ0n) is 7.04. The summed E-state index contributed by atoms with van der Waals surface area (Å²) < 4.78 is 0. The normalized spacial score (nSPS) is 22.8. The van der Waals surface area contributed by atoms with Crippen LogP contribution in [-0.2, 0) is 25.9 Å². The summed E-state index contributed by atoms with van der Waals surface area (Å²) in [5.74, 6) is -0.981. The summed E-state index contributed by atoms with van der Waals surface area (Å²) in [6.07, 6.45) is 0.887. The van der Waals surface area contributed by atoms with Gasteiger partial charge < -0.3 is 15.7 Å². The molecule has 1 saturated heterocycles. The van der Waals surface area contributed by atoms with Gasteiger partial charge in [-0.25, -0.2) is 0 Å². The largest absolute Gasteiger partial charge is 0.662 e. The Bertz CT molecular complexity index is 167. The first-order valence-electron chi connectivity index (χ1n) is 3.71. The molecule has 0 aromatic carbocycles. The van der Waals surface area contributed by atoms with E-state index in [1.165, 1.54) is 0 Å². The number of likely N-dealkylation sites (tertiary alicyclic amines) is 1. The van der Waals surface area contributed by atoms with Gasteiger partial charge in [-0.2, -0.15) is 0 Å². The van der Waals surface area contributed by atoms with Crippen molar-refractivity contribution >= 4 is 5.97 Å². The fraction of sp³-hybridized carbons (Fsp3) is 0.857. The number of hydrogen-bond donors (Lipinski definition) is 1. The minimum absolute atomic E-state index is 0. The van der Waals surface area contributed by atoms with Crippen molar-refractivity contribution in [3.8, 4) is 0 Å². The van der Waals surface area contributed by atoms with Crippen molar-refractivity contribution < 1.29 is 31.0 Å². The van der Waals surface area contributed by atoms with Crippen LogP contribution in [0.3, 0.4) is 0 Å². The first-order valence-corrected chi connectivity index (χ1v) is 3.71. The monoisotopic (exact) mass is 341 g/mol. The van der Waals surface area contributed by atoms with E-state index in [0.29, 0.717) is 12.8 Å². The third kappa shape index (κ3) is 2.54. The third-order valence-corrected chi connectivity index (χ3v) is 2.25. The molecule has 1 rings (SSSR count). The molecule has 1 fully saturated rings. The Morgan fingerprint density at radius 3 is 2.25 bits per heavy atom. The molecule has 0 aliphatic carbocycles. The Morgan fingerprint density at radius 2 is 1.92 bits per heavy atom. The smallest absolute Gasteiger partial charge is 0.288 e. The summed E-state index contributed by atoms with van der Waals surface area (Å²) in [5.41, 5.74) is 6.32. The molecule has 2 N–H and O–H groups in total. The molecule has 0 aromatic heterocycles. The van der Waals surface area contributed by atoms with E-state index in [-0.39, 0.29) is 21.1 Å².